The average molecular weight is 276 g/mol. The van der Waals surface area contributed by atoms with Crippen molar-refractivity contribution in [3.8, 4) is 0 Å². The molecule has 0 atom stereocenters. The molecule has 0 heterocycles. The van der Waals surface area contributed by atoms with Crippen LogP contribution in [0.5, 0.6) is 0 Å². The monoisotopic (exact) mass is 275 g/mol. The Kier molecular flexibility index (Phi) is 3.73. The first-order valence-corrected chi connectivity index (χ1v) is 7.27. The summed E-state index contributed by atoms with van der Waals surface area (Å²) in [6.07, 6.45) is 1.04. The predicted molar refractivity (Wildman–Crippen MR) is 65.4 cm³/mol. The van der Waals surface area contributed by atoms with E-state index in [0.717, 1.165) is 0 Å². The van der Waals surface area contributed by atoms with Gasteiger partial charge in [-0.15, -0.1) is 0 Å². The molecule has 0 radical (unpaired) electrons. The summed E-state index contributed by atoms with van der Waals surface area (Å²) >= 11 is 5.84. The molecule has 0 bridgehead atoms. The van der Waals surface area contributed by atoms with Crippen LogP contribution in [-0.4, -0.2) is 26.2 Å². The minimum absolute atomic E-state index is 0.0986. The Bertz CT molecular complexity index is 497. The van der Waals surface area contributed by atoms with E-state index in [0.29, 0.717) is 19.4 Å². The fourth-order valence-electron chi connectivity index (χ4n) is 1.84. The van der Waals surface area contributed by atoms with E-state index in [2.05, 4.69) is 4.72 Å². The predicted octanol–water partition coefficient (Wildman–Crippen LogP) is 1.39. The molecule has 6 heteroatoms. The van der Waals surface area contributed by atoms with Gasteiger partial charge in [0.15, 0.2) is 0 Å². The maximum atomic E-state index is 11.9. The lowest BCUT2D eigenvalue weighted by Gasteiger charge is -2.31. The van der Waals surface area contributed by atoms with Gasteiger partial charge < -0.3 is 5.11 Å². The fraction of sp³-hybridized carbons (Fsp3) is 0.455. The molecular weight excluding hydrogens is 262 g/mol. The quantitative estimate of drug-likeness (QED) is 0.873. The van der Waals surface area contributed by atoms with E-state index in [4.69, 9.17) is 16.7 Å². The summed E-state index contributed by atoms with van der Waals surface area (Å²) in [4.78, 5) is 0.0986. The van der Waals surface area contributed by atoms with Crippen LogP contribution in [0.1, 0.15) is 12.8 Å². The summed E-state index contributed by atoms with van der Waals surface area (Å²) in [5, 5.41) is 9.33. The number of aliphatic hydroxyl groups is 1. The number of rotatable bonds is 4. The lowest BCUT2D eigenvalue weighted by atomic mass is 9.83. The molecule has 4 nitrogen and oxygen atoms in total. The molecule has 17 heavy (non-hydrogen) atoms. The smallest absolute Gasteiger partial charge is 0.242 e. The second-order valence-corrected chi connectivity index (χ2v) is 6.42. The van der Waals surface area contributed by atoms with Gasteiger partial charge in [0.05, 0.1) is 11.1 Å². The van der Waals surface area contributed by atoms with E-state index in [1.165, 1.54) is 6.07 Å². The van der Waals surface area contributed by atoms with Gasteiger partial charge in [-0.25, -0.2) is 13.1 Å². The third-order valence-corrected chi connectivity index (χ3v) is 4.82. The van der Waals surface area contributed by atoms with Crippen molar-refractivity contribution in [2.45, 2.75) is 23.8 Å². The molecule has 1 aromatic rings. The van der Waals surface area contributed by atoms with Crippen molar-refractivity contribution < 1.29 is 13.5 Å². The lowest BCUT2D eigenvalue weighted by Crippen LogP contribution is -2.38. The van der Waals surface area contributed by atoms with Crippen molar-refractivity contribution in [3.05, 3.63) is 29.3 Å². The van der Waals surface area contributed by atoms with Crippen LogP contribution in [-0.2, 0) is 10.0 Å². The normalized spacial score (nSPS) is 24.4. The van der Waals surface area contributed by atoms with E-state index in [9.17, 15) is 8.42 Å². The van der Waals surface area contributed by atoms with Gasteiger partial charge in [0.2, 0.25) is 10.0 Å². The second-order valence-electron chi connectivity index (χ2n) is 4.27. The molecule has 1 aromatic carbocycles. The van der Waals surface area contributed by atoms with Crippen LogP contribution in [0, 0.1) is 5.92 Å². The van der Waals surface area contributed by atoms with E-state index in [1.807, 2.05) is 0 Å². The minimum atomic E-state index is -3.54. The highest BCUT2D eigenvalue weighted by Crippen LogP contribution is 2.27. The van der Waals surface area contributed by atoms with Gasteiger partial charge in [0.1, 0.15) is 4.90 Å². The molecular formula is C11H14ClNO3S. The molecule has 1 aliphatic rings. The maximum absolute atomic E-state index is 11.9. The molecule has 1 fully saturated rings. The summed E-state index contributed by atoms with van der Waals surface area (Å²) in [7, 11) is -3.54. The standard InChI is InChI=1S/C11H14ClNO3S/c12-10-3-1-2-4-11(10)17(15,16)13-7-8-5-9(14)6-8/h1-4,8-9,13-14H,5-7H2. The number of nitrogens with one attached hydrogen (secondary N) is 1. The molecule has 0 spiro atoms. The molecule has 0 amide bonds. The zero-order valence-corrected chi connectivity index (χ0v) is 10.7. The van der Waals surface area contributed by atoms with Crippen molar-refractivity contribution in [2.75, 3.05) is 6.54 Å². The van der Waals surface area contributed by atoms with Crippen LogP contribution in [0.15, 0.2) is 29.2 Å². The summed E-state index contributed by atoms with van der Waals surface area (Å²) < 4.78 is 26.4. The minimum Gasteiger partial charge on any atom is -0.393 e. The van der Waals surface area contributed by atoms with Crippen molar-refractivity contribution >= 4 is 21.6 Å². The SMILES string of the molecule is O=S(=O)(NCC1CC(O)C1)c1ccccc1Cl. The van der Waals surface area contributed by atoms with E-state index in [-0.39, 0.29) is 21.9 Å². The Morgan fingerprint density at radius 2 is 2.00 bits per heavy atom. The molecule has 94 valence electrons. The Balaban J connectivity index is 2.02. The van der Waals surface area contributed by atoms with Gasteiger partial charge in [-0.1, -0.05) is 23.7 Å². The van der Waals surface area contributed by atoms with Crippen LogP contribution < -0.4 is 4.72 Å². The second kappa shape index (κ2) is 4.94. The molecule has 0 aliphatic heterocycles. The molecule has 2 N–H and O–H groups in total. The summed E-state index contributed by atoms with van der Waals surface area (Å²) in [5.41, 5.74) is 0. The van der Waals surface area contributed by atoms with E-state index >= 15 is 0 Å². The first-order chi connectivity index (χ1) is 7.99. The molecule has 0 saturated heterocycles. The first kappa shape index (κ1) is 12.8. The van der Waals surface area contributed by atoms with E-state index in [1.54, 1.807) is 18.2 Å². The van der Waals surface area contributed by atoms with Crippen molar-refractivity contribution in [2.24, 2.45) is 5.92 Å². The number of benzene rings is 1. The van der Waals surface area contributed by atoms with Gasteiger partial charge >= 0.3 is 0 Å². The maximum Gasteiger partial charge on any atom is 0.242 e. The molecule has 2 rings (SSSR count). The van der Waals surface area contributed by atoms with Crippen LogP contribution in [0.25, 0.3) is 0 Å². The van der Waals surface area contributed by atoms with Gasteiger partial charge in [-0.05, 0) is 30.9 Å². The average Bonchev–Trinajstić information content (AvgIpc) is 2.23. The summed E-state index contributed by atoms with van der Waals surface area (Å²) in [6.45, 7) is 0.352. The lowest BCUT2D eigenvalue weighted by molar-refractivity contribution is 0.0453. The molecule has 1 saturated carbocycles. The highest BCUT2D eigenvalue weighted by Gasteiger charge is 2.28. The van der Waals surface area contributed by atoms with E-state index < -0.39 is 10.0 Å². The Morgan fingerprint density at radius 3 is 2.59 bits per heavy atom. The van der Waals surface area contributed by atoms with Gasteiger partial charge in [-0.3, -0.25) is 0 Å². The number of hydrogen-bond donors (Lipinski definition) is 2. The molecule has 0 unspecified atom stereocenters. The number of aliphatic hydroxyl groups excluding tert-OH is 1. The third-order valence-electron chi connectivity index (χ3n) is 2.90. The molecule has 1 aliphatic carbocycles. The highest BCUT2D eigenvalue weighted by molar-refractivity contribution is 7.89. The zero-order chi connectivity index (χ0) is 12.5. The van der Waals surface area contributed by atoms with Crippen LogP contribution >= 0.6 is 11.6 Å². The number of hydrogen-bond acceptors (Lipinski definition) is 3. The van der Waals surface area contributed by atoms with Gasteiger partial charge in [-0.2, -0.15) is 0 Å². The summed E-state index contributed by atoms with van der Waals surface area (Å²) in [6, 6.07) is 6.33. The Labute approximate surface area is 106 Å². The largest absolute Gasteiger partial charge is 0.393 e. The van der Waals surface area contributed by atoms with Crippen LogP contribution in [0.4, 0.5) is 0 Å². The highest BCUT2D eigenvalue weighted by atomic mass is 35.5. The topological polar surface area (TPSA) is 66.4 Å². The van der Waals surface area contributed by atoms with Gasteiger partial charge in [0, 0.05) is 6.54 Å². The van der Waals surface area contributed by atoms with Crippen molar-refractivity contribution in [1.29, 1.82) is 0 Å². The van der Waals surface area contributed by atoms with Crippen LogP contribution in [0.3, 0.4) is 0 Å². The first-order valence-electron chi connectivity index (χ1n) is 5.41. The third kappa shape index (κ3) is 2.98. The Hall–Kier alpha value is -0.620. The van der Waals surface area contributed by atoms with Gasteiger partial charge in [0.25, 0.3) is 0 Å². The summed E-state index contributed by atoms with van der Waals surface area (Å²) in [5.74, 6) is 0.224. The van der Waals surface area contributed by atoms with Crippen molar-refractivity contribution in [1.82, 2.24) is 4.72 Å². The zero-order valence-electron chi connectivity index (χ0n) is 9.14. The number of halogens is 1. The Morgan fingerprint density at radius 1 is 1.35 bits per heavy atom. The van der Waals surface area contributed by atoms with Crippen molar-refractivity contribution in [3.63, 3.8) is 0 Å². The van der Waals surface area contributed by atoms with Crippen LogP contribution in [0.2, 0.25) is 5.02 Å². The molecule has 0 aromatic heterocycles. The fourth-order valence-corrected chi connectivity index (χ4v) is 3.47. The number of sulfonamides is 1.